The van der Waals surface area contributed by atoms with E-state index < -0.39 is 45.5 Å². The predicted molar refractivity (Wildman–Crippen MR) is 42.3 cm³/mol. The van der Waals surface area contributed by atoms with Crippen LogP contribution >= 0.6 is 0 Å². The van der Waals surface area contributed by atoms with Crippen LogP contribution in [0, 0.1) is 0 Å². The monoisotopic (exact) mass is 290 g/mol. The van der Waals surface area contributed by atoms with Crippen molar-refractivity contribution in [1.29, 1.82) is 0 Å². The SMILES string of the molecule is CC(CCC(C)(N(F)F)N(F)F)(N(F)F)N(F)F. The third-order valence-corrected chi connectivity index (χ3v) is 2.53. The Bertz CT molecular complexity index is 218. The van der Waals surface area contributed by atoms with Crippen LogP contribution in [0.3, 0.4) is 0 Å². The van der Waals surface area contributed by atoms with Gasteiger partial charge in [-0.3, -0.25) is 0 Å². The van der Waals surface area contributed by atoms with Crippen molar-refractivity contribution in [3.63, 3.8) is 0 Å². The zero-order valence-corrected chi connectivity index (χ0v) is 9.23. The highest BCUT2D eigenvalue weighted by Gasteiger charge is 2.49. The Morgan fingerprint density at radius 3 is 0.833 bits per heavy atom. The number of halogens is 8. The van der Waals surface area contributed by atoms with Gasteiger partial charge in [0.15, 0.2) is 11.3 Å². The van der Waals surface area contributed by atoms with Crippen molar-refractivity contribution in [1.82, 2.24) is 21.4 Å². The van der Waals surface area contributed by atoms with Crippen LogP contribution in [0.4, 0.5) is 35.9 Å². The van der Waals surface area contributed by atoms with Gasteiger partial charge in [0.2, 0.25) is 0 Å². The van der Waals surface area contributed by atoms with Gasteiger partial charge in [0, 0.05) is 21.4 Å². The number of rotatable bonds is 7. The molecular weight excluding hydrogens is 280 g/mol. The predicted octanol–water partition coefficient (Wildman–Crippen LogP) is 3.48. The maximum Gasteiger partial charge on any atom is 0.193 e. The van der Waals surface area contributed by atoms with Crippen molar-refractivity contribution in [2.75, 3.05) is 0 Å². The minimum Gasteiger partial charge on any atom is -0.0993 e. The Labute approximate surface area is 96.4 Å². The maximum absolute atomic E-state index is 12.2. The molecule has 110 valence electrons. The van der Waals surface area contributed by atoms with Gasteiger partial charge in [-0.15, -0.1) is 0 Å². The zero-order chi connectivity index (χ0) is 14.7. The van der Waals surface area contributed by atoms with Crippen LogP contribution in [-0.4, -0.2) is 32.7 Å². The van der Waals surface area contributed by atoms with Crippen LogP contribution < -0.4 is 0 Å². The maximum atomic E-state index is 12.2. The fourth-order valence-corrected chi connectivity index (χ4v) is 0.926. The van der Waals surface area contributed by atoms with Crippen LogP contribution in [0.5, 0.6) is 0 Å². The molecule has 0 rings (SSSR count). The molecule has 0 amide bonds. The average molecular weight is 290 g/mol. The van der Waals surface area contributed by atoms with Crippen LogP contribution in [0.15, 0.2) is 0 Å². The van der Waals surface area contributed by atoms with Crippen molar-refractivity contribution in [3.8, 4) is 0 Å². The summed E-state index contributed by atoms with van der Waals surface area (Å²) in [5, 5.41) is -7.74. The summed E-state index contributed by atoms with van der Waals surface area (Å²) in [6.07, 6.45) is -2.67. The second-order valence-electron chi connectivity index (χ2n) is 3.87. The quantitative estimate of drug-likeness (QED) is 0.404. The molecule has 0 unspecified atom stereocenters. The lowest BCUT2D eigenvalue weighted by Crippen LogP contribution is -2.51. The molecule has 0 fully saturated rings. The minimum absolute atomic E-state index is 0.315. The Kier molecular flexibility index (Phi) is 5.71. The number of nitrogens with zero attached hydrogens (tertiary/aromatic N) is 4. The van der Waals surface area contributed by atoms with Gasteiger partial charge in [-0.05, 0) is 26.7 Å². The molecule has 0 aromatic carbocycles. The molecule has 0 aliphatic carbocycles. The summed E-state index contributed by atoms with van der Waals surface area (Å²) in [5.74, 6) is 0. The van der Waals surface area contributed by atoms with Crippen LogP contribution in [-0.2, 0) is 0 Å². The number of hydrogen-bond acceptors (Lipinski definition) is 4. The van der Waals surface area contributed by atoms with Crippen LogP contribution in [0.2, 0.25) is 0 Å². The molecule has 0 radical (unpaired) electrons. The van der Waals surface area contributed by atoms with E-state index in [0.29, 0.717) is 13.8 Å². The minimum atomic E-state index is -3.24. The Morgan fingerprint density at radius 1 is 0.556 bits per heavy atom. The molecular formula is C6H10F8N4. The van der Waals surface area contributed by atoms with E-state index in [1.807, 2.05) is 0 Å². The molecule has 0 spiro atoms. The van der Waals surface area contributed by atoms with Gasteiger partial charge >= 0.3 is 0 Å². The largest absolute Gasteiger partial charge is 0.193 e. The summed E-state index contributed by atoms with van der Waals surface area (Å²) in [6, 6.07) is 0. The first-order chi connectivity index (χ1) is 7.98. The molecule has 0 aromatic heterocycles. The lowest BCUT2D eigenvalue weighted by Gasteiger charge is -2.33. The molecule has 0 aromatic rings. The van der Waals surface area contributed by atoms with Crippen LogP contribution in [0.25, 0.3) is 0 Å². The second-order valence-corrected chi connectivity index (χ2v) is 3.87. The molecule has 0 bridgehead atoms. The molecule has 0 atom stereocenters. The first-order valence-corrected chi connectivity index (χ1v) is 4.45. The molecule has 4 nitrogen and oxygen atoms in total. The molecule has 0 heterocycles. The van der Waals surface area contributed by atoms with E-state index in [4.69, 9.17) is 0 Å². The molecule has 12 heteroatoms. The van der Waals surface area contributed by atoms with Gasteiger partial charge in [0.25, 0.3) is 0 Å². The fraction of sp³-hybridized carbons (Fsp3) is 1.00. The Morgan fingerprint density at radius 2 is 0.722 bits per heavy atom. The molecule has 0 aliphatic heterocycles. The van der Waals surface area contributed by atoms with E-state index in [2.05, 4.69) is 0 Å². The summed E-state index contributed by atoms with van der Waals surface area (Å²) in [6.45, 7) is 0.629. The first-order valence-electron chi connectivity index (χ1n) is 4.45. The summed E-state index contributed by atoms with van der Waals surface area (Å²) < 4.78 is 97.8. The summed E-state index contributed by atoms with van der Waals surface area (Å²) in [7, 11) is 0. The van der Waals surface area contributed by atoms with Gasteiger partial charge in [-0.2, -0.15) is 0 Å². The molecule has 0 saturated heterocycles. The first kappa shape index (κ1) is 17.3. The van der Waals surface area contributed by atoms with Gasteiger partial charge < -0.3 is 0 Å². The van der Waals surface area contributed by atoms with E-state index in [9.17, 15) is 35.9 Å². The van der Waals surface area contributed by atoms with E-state index in [1.54, 1.807) is 0 Å². The lowest BCUT2D eigenvalue weighted by molar-refractivity contribution is -0.387. The normalized spacial score (nSPS) is 14.3. The van der Waals surface area contributed by atoms with Crippen molar-refractivity contribution in [3.05, 3.63) is 0 Å². The third-order valence-electron chi connectivity index (χ3n) is 2.53. The molecule has 18 heavy (non-hydrogen) atoms. The number of hydrogen-bond donors (Lipinski definition) is 0. The fourth-order valence-electron chi connectivity index (χ4n) is 0.926. The summed E-state index contributed by atoms with van der Waals surface area (Å²) >= 11 is 0. The third kappa shape index (κ3) is 3.40. The smallest absolute Gasteiger partial charge is 0.0993 e. The van der Waals surface area contributed by atoms with Crippen molar-refractivity contribution >= 4 is 0 Å². The van der Waals surface area contributed by atoms with E-state index in [-0.39, 0.29) is 0 Å². The molecule has 0 N–H and O–H groups in total. The van der Waals surface area contributed by atoms with Gasteiger partial charge in [0.05, 0.1) is 0 Å². The highest BCUT2D eigenvalue weighted by molar-refractivity contribution is 4.79. The lowest BCUT2D eigenvalue weighted by atomic mass is 10.00. The van der Waals surface area contributed by atoms with Gasteiger partial charge in [0.1, 0.15) is 0 Å². The van der Waals surface area contributed by atoms with Crippen molar-refractivity contribution in [2.24, 2.45) is 0 Å². The second kappa shape index (κ2) is 5.95. The van der Waals surface area contributed by atoms with E-state index >= 15 is 0 Å². The molecule has 0 aliphatic rings. The van der Waals surface area contributed by atoms with E-state index in [0.717, 1.165) is 0 Å². The summed E-state index contributed by atoms with van der Waals surface area (Å²) in [4.78, 5) is 0. The van der Waals surface area contributed by atoms with Crippen molar-refractivity contribution < 1.29 is 35.9 Å². The Balaban J connectivity index is 4.90. The average Bonchev–Trinajstić information content (AvgIpc) is 2.23. The zero-order valence-electron chi connectivity index (χ0n) is 9.23. The topological polar surface area (TPSA) is 13.0 Å². The van der Waals surface area contributed by atoms with Crippen molar-refractivity contribution in [2.45, 2.75) is 38.0 Å². The molecule has 0 saturated carbocycles. The van der Waals surface area contributed by atoms with Gasteiger partial charge in [-0.1, -0.05) is 35.9 Å². The van der Waals surface area contributed by atoms with Gasteiger partial charge in [-0.25, -0.2) is 0 Å². The standard InChI is InChI=1S/C6H10F8N4/c1-5(15(7)8,16(9)10)3-4-6(2,17(11)12)18(13)14/h3-4H2,1-2H3. The van der Waals surface area contributed by atoms with E-state index in [1.165, 1.54) is 0 Å². The highest BCUT2D eigenvalue weighted by Crippen LogP contribution is 2.35. The van der Waals surface area contributed by atoms with Crippen LogP contribution in [0.1, 0.15) is 26.7 Å². The Hall–Kier alpha value is -0.720. The highest BCUT2D eigenvalue weighted by atomic mass is 19.4. The summed E-state index contributed by atoms with van der Waals surface area (Å²) in [5.41, 5.74) is -6.49.